The zero-order valence-electron chi connectivity index (χ0n) is 12.3. The molecule has 5 nitrogen and oxygen atoms in total. The maximum atomic E-state index is 12.5. The predicted molar refractivity (Wildman–Crippen MR) is 79.3 cm³/mol. The Hall–Kier alpha value is -2.30. The number of nitrogens with zero attached hydrogens (tertiary/aromatic N) is 2. The molecule has 0 saturated carbocycles. The third-order valence-corrected chi connectivity index (χ3v) is 3.99. The van der Waals surface area contributed by atoms with E-state index in [9.17, 15) is 9.90 Å². The van der Waals surface area contributed by atoms with Crippen molar-refractivity contribution in [3.05, 3.63) is 46.8 Å². The summed E-state index contributed by atoms with van der Waals surface area (Å²) in [4.78, 5) is 12.5. The van der Waals surface area contributed by atoms with Crippen molar-refractivity contribution >= 4 is 5.91 Å². The third-order valence-electron chi connectivity index (χ3n) is 3.99. The number of benzene rings is 1. The highest BCUT2D eigenvalue weighted by Crippen LogP contribution is 2.36. The van der Waals surface area contributed by atoms with Crippen molar-refractivity contribution in [2.75, 3.05) is 0 Å². The van der Waals surface area contributed by atoms with Gasteiger partial charge in [-0.05, 0) is 49.9 Å². The molecule has 0 spiro atoms. The minimum Gasteiger partial charge on any atom is -0.508 e. The molecular weight excluding hydrogens is 266 g/mol. The van der Waals surface area contributed by atoms with Gasteiger partial charge in [0.2, 0.25) is 0 Å². The van der Waals surface area contributed by atoms with Gasteiger partial charge in [-0.25, -0.2) is 0 Å². The standard InChI is InChI=1S/C16H19N3O2/c1-3-19-14(9-10(2)18-19)16(21)17-13-8-7-12-11(13)5-4-6-15(12)20/h4-6,9,13,20H,3,7-8H2,1-2H3,(H,17,21). The molecule has 1 aromatic heterocycles. The van der Waals surface area contributed by atoms with Gasteiger partial charge in [-0.15, -0.1) is 0 Å². The van der Waals surface area contributed by atoms with Crippen LogP contribution in [0, 0.1) is 6.92 Å². The van der Waals surface area contributed by atoms with E-state index in [4.69, 9.17) is 0 Å². The Morgan fingerprint density at radius 1 is 1.52 bits per heavy atom. The first kappa shape index (κ1) is 13.7. The second kappa shape index (κ2) is 5.24. The molecular formula is C16H19N3O2. The van der Waals surface area contributed by atoms with Gasteiger partial charge in [0.15, 0.2) is 0 Å². The van der Waals surface area contributed by atoms with Crippen LogP contribution in [0.25, 0.3) is 0 Å². The van der Waals surface area contributed by atoms with Crippen molar-refractivity contribution < 1.29 is 9.90 Å². The van der Waals surface area contributed by atoms with E-state index in [1.165, 1.54) is 0 Å². The molecule has 21 heavy (non-hydrogen) atoms. The summed E-state index contributed by atoms with van der Waals surface area (Å²) in [6.45, 7) is 4.51. The second-order valence-corrected chi connectivity index (χ2v) is 5.40. The molecule has 3 rings (SSSR count). The van der Waals surface area contributed by atoms with Gasteiger partial charge in [0.05, 0.1) is 11.7 Å². The molecule has 5 heteroatoms. The quantitative estimate of drug-likeness (QED) is 0.909. The van der Waals surface area contributed by atoms with E-state index in [1.54, 1.807) is 16.8 Å². The van der Waals surface area contributed by atoms with Crippen molar-refractivity contribution in [1.29, 1.82) is 0 Å². The number of phenolic OH excluding ortho intramolecular Hbond substituents is 1. The maximum absolute atomic E-state index is 12.5. The highest BCUT2D eigenvalue weighted by atomic mass is 16.3. The van der Waals surface area contributed by atoms with Crippen LogP contribution in [-0.2, 0) is 13.0 Å². The van der Waals surface area contributed by atoms with Crippen LogP contribution in [-0.4, -0.2) is 20.8 Å². The van der Waals surface area contributed by atoms with Gasteiger partial charge in [-0.1, -0.05) is 12.1 Å². The molecule has 0 bridgehead atoms. The van der Waals surface area contributed by atoms with E-state index < -0.39 is 0 Å². The van der Waals surface area contributed by atoms with Crippen molar-refractivity contribution in [2.45, 2.75) is 39.3 Å². The average molecular weight is 285 g/mol. The number of amides is 1. The van der Waals surface area contributed by atoms with E-state index in [0.717, 1.165) is 29.7 Å². The smallest absolute Gasteiger partial charge is 0.270 e. The molecule has 1 atom stereocenters. The molecule has 1 aromatic carbocycles. The zero-order chi connectivity index (χ0) is 15.0. The summed E-state index contributed by atoms with van der Waals surface area (Å²) in [7, 11) is 0. The molecule has 1 unspecified atom stereocenters. The van der Waals surface area contributed by atoms with Gasteiger partial charge >= 0.3 is 0 Å². The summed E-state index contributed by atoms with van der Waals surface area (Å²) in [5, 5.41) is 17.2. The molecule has 0 radical (unpaired) electrons. The SMILES string of the molecule is CCn1nc(C)cc1C(=O)NC1CCc2c(O)cccc21. The Labute approximate surface area is 123 Å². The van der Waals surface area contributed by atoms with Crippen LogP contribution in [0.1, 0.15) is 46.7 Å². The normalized spacial score (nSPS) is 16.8. The third kappa shape index (κ3) is 2.39. The summed E-state index contributed by atoms with van der Waals surface area (Å²) in [6.07, 6.45) is 1.61. The number of hydrogen-bond acceptors (Lipinski definition) is 3. The molecule has 110 valence electrons. The van der Waals surface area contributed by atoms with Crippen LogP contribution in [0.3, 0.4) is 0 Å². The highest BCUT2D eigenvalue weighted by molar-refractivity contribution is 5.93. The number of nitrogens with one attached hydrogen (secondary N) is 1. The molecule has 1 aliphatic carbocycles. The van der Waals surface area contributed by atoms with Crippen LogP contribution in [0.5, 0.6) is 5.75 Å². The molecule has 1 heterocycles. The summed E-state index contributed by atoms with van der Waals surface area (Å²) < 4.78 is 1.71. The van der Waals surface area contributed by atoms with Crippen LogP contribution in [0.2, 0.25) is 0 Å². The molecule has 2 N–H and O–H groups in total. The van der Waals surface area contributed by atoms with E-state index in [-0.39, 0.29) is 11.9 Å². The number of hydrogen-bond donors (Lipinski definition) is 2. The number of fused-ring (bicyclic) bond motifs is 1. The van der Waals surface area contributed by atoms with E-state index in [1.807, 2.05) is 26.0 Å². The number of phenols is 1. The zero-order valence-corrected chi connectivity index (χ0v) is 12.3. The summed E-state index contributed by atoms with van der Waals surface area (Å²) in [5.74, 6) is 0.206. The fourth-order valence-corrected chi connectivity index (χ4v) is 2.99. The van der Waals surface area contributed by atoms with Crippen molar-refractivity contribution in [3.8, 4) is 5.75 Å². The molecule has 0 fully saturated rings. The van der Waals surface area contributed by atoms with Gasteiger partial charge in [-0.2, -0.15) is 5.10 Å². The molecule has 0 saturated heterocycles. The van der Waals surface area contributed by atoms with Gasteiger partial charge < -0.3 is 10.4 Å². The minimum absolute atomic E-state index is 0.0416. The van der Waals surface area contributed by atoms with Crippen molar-refractivity contribution in [1.82, 2.24) is 15.1 Å². The monoisotopic (exact) mass is 285 g/mol. The Morgan fingerprint density at radius 3 is 3.10 bits per heavy atom. The molecule has 1 aliphatic rings. The first-order valence-corrected chi connectivity index (χ1v) is 7.26. The van der Waals surface area contributed by atoms with Crippen LogP contribution in [0.4, 0.5) is 0 Å². The summed E-state index contributed by atoms with van der Waals surface area (Å²) in [5.41, 5.74) is 3.39. The second-order valence-electron chi connectivity index (χ2n) is 5.40. The predicted octanol–water partition coefficient (Wildman–Crippen LogP) is 2.33. The van der Waals surface area contributed by atoms with Crippen LogP contribution in [0.15, 0.2) is 24.3 Å². The highest BCUT2D eigenvalue weighted by Gasteiger charge is 2.27. The van der Waals surface area contributed by atoms with E-state index in [0.29, 0.717) is 18.0 Å². The lowest BCUT2D eigenvalue weighted by Crippen LogP contribution is -2.29. The number of carbonyl (C=O) groups is 1. The average Bonchev–Trinajstić information content (AvgIpc) is 3.04. The topological polar surface area (TPSA) is 67.2 Å². The van der Waals surface area contributed by atoms with Gasteiger partial charge in [0, 0.05) is 6.54 Å². The Bertz CT molecular complexity index is 691. The molecule has 0 aliphatic heterocycles. The lowest BCUT2D eigenvalue weighted by Gasteiger charge is -2.14. The number of aromatic nitrogens is 2. The first-order chi connectivity index (χ1) is 10.1. The van der Waals surface area contributed by atoms with Gasteiger partial charge in [0.1, 0.15) is 11.4 Å². The number of rotatable bonds is 3. The van der Waals surface area contributed by atoms with E-state index >= 15 is 0 Å². The molecule has 1 amide bonds. The van der Waals surface area contributed by atoms with Crippen molar-refractivity contribution in [2.24, 2.45) is 0 Å². The van der Waals surface area contributed by atoms with Crippen molar-refractivity contribution in [3.63, 3.8) is 0 Å². The fraction of sp³-hybridized carbons (Fsp3) is 0.375. The fourth-order valence-electron chi connectivity index (χ4n) is 2.99. The number of aromatic hydroxyl groups is 1. The first-order valence-electron chi connectivity index (χ1n) is 7.26. The Balaban J connectivity index is 1.83. The van der Waals surface area contributed by atoms with E-state index in [2.05, 4.69) is 10.4 Å². The van der Waals surface area contributed by atoms with Gasteiger partial charge in [-0.3, -0.25) is 9.48 Å². The number of carbonyl (C=O) groups excluding carboxylic acids is 1. The molecule has 2 aromatic rings. The Morgan fingerprint density at radius 2 is 2.33 bits per heavy atom. The maximum Gasteiger partial charge on any atom is 0.270 e. The lowest BCUT2D eigenvalue weighted by atomic mass is 10.1. The largest absolute Gasteiger partial charge is 0.508 e. The van der Waals surface area contributed by atoms with Crippen LogP contribution >= 0.6 is 0 Å². The van der Waals surface area contributed by atoms with Gasteiger partial charge in [0.25, 0.3) is 5.91 Å². The van der Waals surface area contributed by atoms with Crippen LogP contribution < -0.4 is 5.32 Å². The minimum atomic E-state index is -0.112. The number of aryl methyl sites for hydroxylation is 2. The lowest BCUT2D eigenvalue weighted by molar-refractivity contribution is 0.0926. The summed E-state index contributed by atoms with van der Waals surface area (Å²) in [6, 6.07) is 7.24. The summed E-state index contributed by atoms with van der Waals surface area (Å²) >= 11 is 0. The Kier molecular flexibility index (Phi) is 3.41.